The minimum Gasteiger partial charge on any atom is -0.478 e. The summed E-state index contributed by atoms with van der Waals surface area (Å²) >= 11 is 0. The molecule has 37 heavy (non-hydrogen) atoms. The number of para-hydroxylation sites is 1. The lowest BCUT2D eigenvalue weighted by Gasteiger charge is -2.35. The van der Waals surface area contributed by atoms with Gasteiger partial charge in [-0.25, -0.2) is 9.59 Å². The van der Waals surface area contributed by atoms with Crippen molar-refractivity contribution in [3.63, 3.8) is 0 Å². The topological polar surface area (TPSA) is 128 Å². The Hall–Kier alpha value is -3.98. The van der Waals surface area contributed by atoms with Gasteiger partial charge in [0.2, 0.25) is 0 Å². The molecule has 0 aliphatic carbocycles. The van der Waals surface area contributed by atoms with Crippen LogP contribution >= 0.6 is 0 Å². The average Bonchev–Trinajstić information content (AvgIpc) is 2.86. The van der Waals surface area contributed by atoms with E-state index in [2.05, 4.69) is 5.32 Å². The van der Waals surface area contributed by atoms with E-state index in [1.54, 1.807) is 27.0 Å². The number of carbonyl (C=O) groups is 2. The first-order chi connectivity index (χ1) is 17.5. The van der Waals surface area contributed by atoms with E-state index in [9.17, 15) is 24.8 Å². The van der Waals surface area contributed by atoms with Crippen LogP contribution < -0.4 is 5.32 Å². The van der Waals surface area contributed by atoms with Gasteiger partial charge in [-0.2, -0.15) is 0 Å². The molecule has 2 N–H and O–H groups in total. The minimum atomic E-state index is -1.29. The normalized spacial score (nSPS) is 17.3. The number of esters is 1. The monoisotopic (exact) mass is 508 g/mol. The van der Waals surface area contributed by atoms with Crippen LogP contribution in [0.3, 0.4) is 0 Å². The van der Waals surface area contributed by atoms with E-state index in [0.717, 1.165) is 5.56 Å². The Morgan fingerprint density at radius 2 is 1.65 bits per heavy atom. The van der Waals surface area contributed by atoms with Crippen molar-refractivity contribution in [3.05, 3.63) is 98.4 Å². The largest absolute Gasteiger partial charge is 0.478 e. The fourth-order valence-electron chi connectivity index (χ4n) is 4.94. The van der Waals surface area contributed by atoms with Gasteiger partial charge in [0.05, 0.1) is 22.0 Å². The van der Waals surface area contributed by atoms with Crippen molar-refractivity contribution < 1.29 is 29.1 Å². The number of methoxy groups -OCH3 is 1. The highest BCUT2D eigenvalue weighted by molar-refractivity contribution is 5.99. The van der Waals surface area contributed by atoms with Crippen LogP contribution in [0, 0.1) is 16.0 Å². The second-order valence-electron chi connectivity index (χ2n) is 9.49. The smallest absolute Gasteiger partial charge is 0.336 e. The summed E-state index contributed by atoms with van der Waals surface area (Å²) in [5.74, 6) is -3.06. The van der Waals surface area contributed by atoms with E-state index in [1.807, 2.05) is 44.2 Å². The molecule has 2 aromatic rings. The van der Waals surface area contributed by atoms with Crippen LogP contribution in [0.4, 0.5) is 5.69 Å². The standard InChI is InChI=1S/C28H32N2O7/c1-17(2)15-28(36-5,20-11-7-6-8-12-20)16-37-27(33)24-19(4)29-18(3)23(26(31)32)25(24)21-13-9-10-14-22(21)30(34)35/h6-14,17,25,29H,15-16H2,1-5H3,(H,31,32). The summed E-state index contributed by atoms with van der Waals surface area (Å²) in [6, 6.07) is 15.3. The molecular formula is C28H32N2O7. The van der Waals surface area contributed by atoms with Gasteiger partial charge in [0.1, 0.15) is 12.2 Å². The molecular weight excluding hydrogens is 476 g/mol. The maximum absolute atomic E-state index is 13.7. The number of hydrogen-bond donors (Lipinski definition) is 2. The Labute approximate surface area is 215 Å². The molecule has 1 heterocycles. The first-order valence-corrected chi connectivity index (χ1v) is 11.9. The first-order valence-electron chi connectivity index (χ1n) is 11.9. The molecule has 0 saturated heterocycles. The number of carbonyl (C=O) groups excluding carboxylic acids is 1. The van der Waals surface area contributed by atoms with Crippen LogP contribution in [0.15, 0.2) is 77.1 Å². The van der Waals surface area contributed by atoms with Crippen molar-refractivity contribution in [2.75, 3.05) is 13.7 Å². The lowest BCUT2D eigenvalue weighted by atomic mass is 9.79. The predicted molar refractivity (Wildman–Crippen MR) is 138 cm³/mol. The number of dihydropyridines is 1. The van der Waals surface area contributed by atoms with Crippen molar-refractivity contribution in [1.82, 2.24) is 5.32 Å². The van der Waals surface area contributed by atoms with Gasteiger partial charge in [-0.05, 0) is 31.7 Å². The molecule has 0 amide bonds. The number of rotatable bonds is 10. The Morgan fingerprint density at radius 1 is 1.05 bits per heavy atom. The number of nitro groups is 1. The number of nitrogens with one attached hydrogen (secondary N) is 1. The van der Waals surface area contributed by atoms with Gasteiger partial charge < -0.3 is 19.9 Å². The van der Waals surface area contributed by atoms with E-state index >= 15 is 0 Å². The van der Waals surface area contributed by atoms with Crippen LogP contribution in [0.2, 0.25) is 0 Å². The quantitative estimate of drug-likeness (QED) is 0.259. The summed E-state index contributed by atoms with van der Waals surface area (Å²) in [5, 5.41) is 24.8. The van der Waals surface area contributed by atoms with E-state index in [-0.39, 0.29) is 34.9 Å². The van der Waals surface area contributed by atoms with Crippen molar-refractivity contribution in [2.45, 2.75) is 45.6 Å². The number of hydrogen-bond acceptors (Lipinski definition) is 7. The van der Waals surface area contributed by atoms with Crippen LogP contribution in [-0.2, 0) is 24.7 Å². The molecule has 2 unspecified atom stereocenters. The summed E-state index contributed by atoms with van der Waals surface area (Å²) in [6.45, 7) is 7.12. The summed E-state index contributed by atoms with van der Waals surface area (Å²) in [4.78, 5) is 37.2. The molecule has 2 aromatic carbocycles. The van der Waals surface area contributed by atoms with Gasteiger partial charge in [-0.1, -0.05) is 62.4 Å². The molecule has 2 atom stereocenters. The third-order valence-corrected chi connectivity index (χ3v) is 6.52. The highest BCUT2D eigenvalue weighted by atomic mass is 16.6. The average molecular weight is 509 g/mol. The van der Waals surface area contributed by atoms with Gasteiger partial charge in [0, 0.05) is 30.1 Å². The molecule has 196 valence electrons. The molecule has 1 aliphatic heterocycles. The Kier molecular flexibility index (Phi) is 8.49. The summed E-state index contributed by atoms with van der Waals surface area (Å²) in [7, 11) is 1.56. The molecule has 9 heteroatoms. The molecule has 0 fully saturated rings. The Morgan fingerprint density at radius 3 is 2.22 bits per heavy atom. The van der Waals surface area contributed by atoms with Crippen molar-refractivity contribution in [1.29, 1.82) is 0 Å². The molecule has 0 saturated carbocycles. The number of nitro benzene ring substituents is 1. The zero-order valence-electron chi connectivity index (χ0n) is 21.6. The number of benzene rings is 2. The number of ether oxygens (including phenoxy) is 2. The van der Waals surface area contributed by atoms with Crippen molar-refractivity contribution >= 4 is 17.6 Å². The van der Waals surface area contributed by atoms with E-state index in [0.29, 0.717) is 17.8 Å². The lowest BCUT2D eigenvalue weighted by molar-refractivity contribution is -0.385. The zero-order chi connectivity index (χ0) is 27.3. The third-order valence-electron chi connectivity index (χ3n) is 6.52. The van der Waals surface area contributed by atoms with Gasteiger partial charge in [-0.15, -0.1) is 0 Å². The van der Waals surface area contributed by atoms with Gasteiger partial charge in [0.15, 0.2) is 0 Å². The highest BCUT2D eigenvalue weighted by Crippen LogP contribution is 2.42. The van der Waals surface area contributed by atoms with Crippen LogP contribution in [0.25, 0.3) is 0 Å². The summed E-state index contributed by atoms with van der Waals surface area (Å²) < 4.78 is 11.8. The molecule has 0 radical (unpaired) electrons. The molecule has 9 nitrogen and oxygen atoms in total. The van der Waals surface area contributed by atoms with Crippen LogP contribution in [0.1, 0.15) is 51.2 Å². The van der Waals surface area contributed by atoms with Gasteiger partial charge in [0.25, 0.3) is 5.69 Å². The first kappa shape index (κ1) is 27.6. The molecule has 0 aromatic heterocycles. The number of allylic oxidation sites excluding steroid dienone is 2. The lowest BCUT2D eigenvalue weighted by Crippen LogP contribution is -2.38. The van der Waals surface area contributed by atoms with E-state index in [4.69, 9.17) is 9.47 Å². The van der Waals surface area contributed by atoms with Gasteiger partial charge >= 0.3 is 11.9 Å². The second kappa shape index (κ2) is 11.4. The maximum atomic E-state index is 13.7. The summed E-state index contributed by atoms with van der Waals surface area (Å²) in [5.41, 5.74) is 0.215. The van der Waals surface area contributed by atoms with Crippen LogP contribution in [0.5, 0.6) is 0 Å². The Bertz CT molecular complexity index is 1250. The zero-order valence-corrected chi connectivity index (χ0v) is 21.6. The number of carboxylic acids is 1. The fraction of sp³-hybridized carbons (Fsp3) is 0.357. The highest BCUT2D eigenvalue weighted by Gasteiger charge is 2.42. The number of carboxylic acid groups (broad SMARTS) is 1. The molecule has 0 spiro atoms. The van der Waals surface area contributed by atoms with Gasteiger partial charge in [-0.3, -0.25) is 10.1 Å². The minimum absolute atomic E-state index is 0.0000818. The molecule has 1 aliphatic rings. The fourth-order valence-corrected chi connectivity index (χ4v) is 4.94. The Balaban J connectivity index is 2.07. The summed E-state index contributed by atoms with van der Waals surface area (Å²) in [6.07, 6.45) is 0.560. The van der Waals surface area contributed by atoms with Crippen molar-refractivity contribution in [3.8, 4) is 0 Å². The maximum Gasteiger partial charge on any atom is 0.336 e. The SMILES string of the molecule is COC(COC(=O)C1=C(C)NC(C)=C(C(=O)O)C1c1ccccc1[N+](=O)[O-])(CC(C)C)c1ccccc1. The van der Waals surface area contributed by atoms with Crippen molar-refractivity contribution in [2.24, 2.45) is 5.92 Å². The third kappa shape index (κ3) is 5.72. The van der Waals surface area contributed by atoms with E-state index < -0.39 is 28.4 Å². The predicted octanol–water partition coefficient (Wildman–Crippen LogP) is 5.05. The van der Waals surface area contributed by atoms with Crippen LogP contribution in [-0.4, -0.2) is 35.7 Å². The molecule has 0 bridgehead atoms. The number of aliphatic carboxylic acids is 1. The second-order valence-corrected chi connectivity index (χ2v) is 9.49. The number of nitrogens with zero attached hydrogens (tertiary/aromatic N) is 1. The van der Waals surface area contributed by atoms with E-state index in [1.165, 1.54) is 18.2 Å². The molecule has 3 rings (SSSR count).